The molecule has 0 fully saturated rings. The lowest BCUT2D eigenvalue weighted by Crippen LogP contribution is -2.65. The Morgan fingerprint density at radius 1 is 1.57 bits per heavy atom. The molecular weight excluding hydrogens is 184 g/mol. The van der Waals surface area contributed by atoms with E-state index in [4.69, 9.17) is 5.73 Å². The summed E-state index contributed by atoms with van der Waals surface area (Å²) < 4.78 is 2.02. The third kappa shape index (κ3) is 1.78. The molecule has 0 radical (unpaired) electrons. The van der Waals surface area contributed by atoms with E-state index >= 15 is 0 Å². The van der Waals surface area contributed by atoms with E-state index < -0.39 is 17.3 Å². The molecule has 0 aliphatic rings. The molecule has 0 unspecified atom stereocenters. The van der Waals surface area contributed by atoms with Crippen LogP contribution in [0.4, 0.5) is 4.79 Å². The number of hydrogen-bond acceptors (Lipinski definition) is 3. The SMILES string of the molecule is CC(C)(C)[n+]1ccnn(C(N)=O)c1=O. The molecule has 0 atom stereocenters. The molecule has 6 nitrogen and oxygen atoms in total. The molecule has 0 aromatic carbocycles. The number of nitrogens with two attached hydrogens (primary N) is 1. The highest BCUT2D eigenvalue weighted by Gasteiger charge is 2.25. The maximum absolute atomic E-state index is 11.6. The molecule has 2 N–H and O–H groups in total. The van der Waals surface area contributed by atoms with Crippen molar-refractivity contribution in [1.29, 1.82) is 0 Å². The van der Waals surface area contributed by atoms with Crippen molar-refractivity contribution in [2.45, 2.75) is 26.3 Å². The minimum Gasteiger partial charge on any atom is -0.329 e. The highest BCUT2D eigenvalue weighted by atomic mass is 16.2. The van der Waals surface area contributed by atoms with Gasteiger partial charge >= 0.3 is 11.7 Å². The lowest BCUT2D eigenvalue weighted by Gasteiger charge is -2.14. The van der Waals surface area contributed by atoms with Gasteiger partial charge in [0.2, 0.25) is 0 Å². The van der Waals surface area contributed by atoms with Crippen LogP contribution in [0.5, 0.6) is 0 Å². The fraction of sp³-hybridized carbons (Fsp3) is 0.500. The van der Waals surface area contributed by atoms with Gasteiger partial charge in [-0.25, -0.2) is 4.79 Å². The molecule has 1 aromatic heterocycles. The first-order valence-electron chi connectivity index (χ1n) is 4.14. The monoisotopic (exact) mass is 197 g/mol. The van der Waals surface area contributed by atoms with Gasteiger partial charge in [-0.2, -0.15) is 9.36 Å². The van der Waals surface area contributed by atoms with Gasteiger partial charge < -0.3 is 5.73 Å². The highest BCUT2D eigenvalue weighted by Crippen LogP contribution is 1.99. The number of rotatable bonds is 0. The Kier molecular flexibility index (Phi) is 2.37. The summed E-state index contributed by atoms with van der Waals surface area (Å²) in [4.78, 5) is 22.4. The van der Waals surface area contributed by atoms with E-state index in [0.29, 0.717) is 4.68 Å². The molecule has 0 aliphatic carbocycles. The van der Waals surface area contributed by atoms with Crippen molar-refractivity contribution < 1.29 is 9.36 Å². The lowest BCUT2D eigenvalue weighted by molar-refractivity contribution is -0.770. The van der Waals surface area contributed by atoms with Crippen molar-refractivity contribution in [2.75, 3.05) is 0 Å². The van der Waals surface area contributed by atoms with E-state index in [1.54, 1.807) is 0 Å². The molecular formula is C8H13N4O2+. The van der Waals surface area contributed by atoms with Crippen molar-refractivity contribution in [3.63, 3.8) is 0 Å². The summed E-state index contributed by atoms with van der Waals surface area (Å²) in [5, 5.41) is 3.56. The van der Waals surface area contributed by atoms with Crippen LogP contribution >= 0.6 is 0 Å². The van der Waals surface area contributed by atoms with Gasteiger partial charge in [-0.05, 0) is 25.5 Å². The zero-order valence-corrected chi connectivity index (χ0v) is 8.39. The number of amides is 1. The minimum absolute atomic E-state index is 0.406. The topological polar surface area (TPSA) is 81.9 Å². The fourth-order valence-electron chi connectivity index (χ4n) is 1.04. The van der Waals surface area contributed by atoms with E-state index in [1.165, 1.54) is 17.0 Å². The molecule has 6 heteroatoms. The Hall–Kier alpha value is -1.72. The Bertz CT molecular complexity index is 416. The zero-order chi connectivity index (χ0) is 10.9. The normalized spacial score (nSPS) is 11.4. The quantitative estimate of drug-likeness (QED) is 0.553. The maximum Gasteiger partial charge on any atom is 0.528 e. The first-order chi connectivity index (χ1) is 6.34. The van der Waals surface area contributed by atoms with Crippen LogP contribution < -0.4 is 16.0 Å². The summed E-state index contributed by atoms with van der Waals surface area (Å²) in [7, 11) is 0. The van der Waals surface area contributed by atoms with Crippen LogP contribution in [0.25, 0.3) is 0 Å². The van der Waals surface area contributed by atoms with Crippen molar-refractivity contribution in [3.8, 4) is 0 Å². The van der Waals surface area contributed by atoms with Crippen LogP contribution in [0.2, 0.25) is 0 Å². The van der Waals surface area contributed by atoms with Gasteiger partial charge in [-0.3, -0.25) is 0 Å². The maximum atomic E-state index is 11.6. The summed E-state index contributed by atoms with van der Waals surface area (Å²) in [6, 6.07) is -0.881. The molecule has 14 heavy (non-hydrogen) atoms. The van der Waals surface area contributed by atoms with E-state index in [-0.39, 0.29) is 0 Å². The predicted molar refractivity (Wildman–Crippen MR) is 48.7 cm³/mol. The number of carbonyl (C=O) groups excluding carboxylic acids is 1. The molecule has 1 aromatic rings. The van der Waals surface area contributed by atoms with Gasteiger partial charge in [0.15, 0.2) is 0 Å². The molecule has 76 valence electrons. The smallest absolute Gasteiger partial charge is 0.329 e. The Morgan fingerprint density at radius 3 is 2.57 bits per heavy atom. The van der Waals surface area contributed by atoms with Crippen LogP contribution in [0.1, 0.15) is 20.8 Å². The summed E-state index contributed by atoms with van der Waals surface area (Å²) in [5.74, 6) is 0. The Morgan fingerprint density at radius 2 is 2.14 bits per heavy atom. The van der Waals surface area contributed by atoms with Gasteiger partial charge in [-0.1, -0.05) is 5.10 Å². The summed E-state index contributed by atoms with van der Waals surface area (Å²) in [5.41, 5.74) is 4.03. The van der Waals surface area contributed by atoms with Crippen LogP contribution in [-0.4, -0.2) is 15.8 Å². The van der Waals surface area contributed by atoms with Crippen LogP contribution in [0, 0.1) is 0 Å². The van der Waals surface area contributed by atoms with Crippen LogP contribution in [0.3, 0.4) is 0 Å². The molecule has 0 bridgehead atoms. The van der Waals surface area contributed by atoms with Crippen molar-refractivity contribution >= 4 is 6.03 Å². The van der Waals surface area contributed by atoms with Gasteiger partial charge in [-0.15, -0.1) is 0 Å². The number of hydrogen-bond donors (Lipinski definition) is 1. The first-order valence-corrected chi connectivity index (χ1v) is 4.14. The molecule has 1 amide bonds. The van der Waals surface area contributed by atoms with Gasteiger partial charge in [0.25, 0.3) is 0 Å². The van der Waals surface area contributed by atoms with E-state index in [9.17, 15) is 9.59 Å². The number of aromatic nitrogens is 3. The minimum atomic E-state index is -0.881. The third-order valence-corrected chi connectivity index (χ3v) is 1.72. The summed E-state index contributed by atoms with van der Waals surface area (Å²) >= 11 is 0. The second-order valence-electron chi connectivity index (χ2n) is 3.89. The van der Waals surface area contributed by atoms with E-state index in [0.717, 1.165) is 0 Å². The summed E-state index contributed by atoms with van der Waals surface area (Å²) in [6.07, 6.45) is 2.87. The number of carbonyl (C=O) groups is 1. The molecule has 0 aliphatic heterocycles. The Labute approximate surface area is 81.0 Å². The molecule has 0 saturated carbocycles. The molecule has 1 heterocycles. The van der Waals surface area contributed by atoms with Crippen LogP contribution in [-0.2, 0) is 5.54 Å². The lowest BCUT2D eigenvalue weighted by atomic mass is 10.1. The van der Waals surface area contributed by atoms with Crippen molar-refractivity contribution in [2.24, 2.45) is 5.73 Å². The summed E-state index contributed by atoms with van der Waals surface area (Å²) in [6.45, 7) is 5.54. The van der Waals surface area contributed by atoms with E-state index in [2.05, 4.69) is 5.10 Å². The average molecular weight is 197 g/mol. The highest BCUT2D eigenvalue weighted by molar-refractivity contribution is 5.72. The van der Waals surface area contributed by atoms with Crippen molar-refractivity contribution in [1.82, 2.24) is 9.78 Å². The largest absolute Gasteiger partial charge is 0.528 e. The predicted octanol–water partition coefficient (Wildman–Crippen LogP) is -0.787. The Balaban J connectivity index is 3.44. The molecule has 0 saturated heterocycles. The van der Waals surface area contributed by atoms with Gasteiger partial charge in [0.1, 0.15) is 17.9 Å². The second kappa shape index (κ2) is 3.21. The van der Waals surface area contributed by atoms with E-state index in [1.807, 2.05) is 20.8 Å². The standard InChI is InChI=1S/C8H12N4O2/c1-8(2,3)11-5-4-10-12(6(9)13)7(11)14/h4-5H,1-3H3,(H-,9,13)/p+1. The zero-order valence-electron chi connectivity index (χ0n) is 8.39. The molecule has 1 rings (SSSR count). The third-order valence-electron chi connectivity index (χ3n) is 1.72. The van der Waals surface area contributed by atoms with Gasteiger partial charge in [0, 0.05) is 0 Å². The van der Waals surface area contributed by atoms with Crippen LogP contribution in [0.15, 0.2) is 17.2 Å². The van der Waals surface area contributed by atoms with Crippen molar-refractivity contribution in [3.05, 3.63) is 22.9 Å². The van der Waals surface area contributed by atoms with Gasteiger partial charge in [0.05, 0.1) is 0 Å². The number of primary amides is 1. The second-order valence-corrected chi connectivity index (χ2v) is 3.89. The molecule has 0 spiro atoms. The first kappa shape index (κ1) is 10.4. The fourth-order valence-corrected chi connectivity index (χ4v) is 1.04. The number of nitrogens with zero attached hydrogens (tertiary/aromatic N) is 3. The average Bonchev–Trinajstić information content (AvgIpc) is 2.01.